The predicted octanol–water partition coefficient (Wildman–Crippen LogP) is 4.22. The summed E-state index contributed by atoms with van der Waals surface area (Å²) in [5.74, 6) is 0. The fourth-order valence-corrected chi connectivity index (χ4v) is 2.76. The quantitative estimate of drug-likeness (QED) is 0.897. The van der Waals surface area contributed by atoms with Gasteiger partial charge in [-0.3, -0.25) is 4.98 Å². The number of rotatable bonds is 5. The second kappa shape index (κ2) is 6.37. The van der Waals surface area contributed by atoms with E-state index >= 15 is 0 Å². The Labute approximate surface area is 118 Å². The van der Waals surface area contributed by atoms with Gasteiger partial charge in [0.05, 0.1) is 11.7 Å². The molecule has 2 nitrogen and oxygen atoms in total. The van der Waals surface area contributed by atoms with Gasteiger partial charge in [0.15, 0.2) is 0 Å². The molecule has 20 heavy (non-hydrogen) atoms. The SMILES string of the molecule is OC(CCCc1cccs1)c1cnccc1C(F)(F)F. The molecule has 0 amide bonds. The Balaban J connectivity index is 2.00. The smallest absolute Gasteiger partial charge is 0.388 e. The molecule has 0 fully saturated rings. The monoisotopic (exact) mass is 301 g/mol. The summed E-state index contributed by atoms with van der Waals surface area (Å²) in [6, 6.07) is 4.80. The van der Waals surface area contributed by atoms with E-state index in [1.165, 1.54) is 4.88 Å². The number of aliphatic hydroxyl groups is 1. The van der Waals surface area contributed by atoms with Gasteiger partial charge >= 0.3 is 6.18 Å². The van der Waals surface area contributed by atoms with Gasteiger partial charge in [0.2, 0.25) is 0 Å². The molecule has 1 unspecified atom stereocenters. The van der Waals surface area contributed by atoms with Crippen LogP contribution in [0, 0.1) is 0 Å². The van der Waals surface area contributed by atoms with Crippen LogP contribution in [0.25, 0.3) is 0 Å². The molecular weight excluding hydrogens is 287 g/mol. The van der Waals surface area contributed by atoms with Crippen molar-refractivity contribution in [2.24, 2.45) is 0 Å². The second-order valence-corrected chi connectivity index (χ2v) is 5.48. The third kappa shape index (κ3) is 3.80. The van der Waals surface area contributed by atoms with E-state index in [0.717, 1.165) is 24.9 Å². The third-order valence-corrected chi connectivity index (χ3v) is 3.93. The van der Waals surface area contributed by atoms with E-state index in [1.807, 2.05) is 17.5 Å². The van der Waals surface area contributed by atoms with Crippen molar-refractivity contribution in [3.8, 4) is 0 Å². The zero-order valence-corrected chi connectivity index (χ0v) is 11.4. The molecule has 2 rings (SSSR count). The number of hydrogen-bond donors (Lipinski definition) is 1. The Morgan fingerprint density at radius 2 is 2.10 bits per heavy atom. The molecule has 0 bridgehead atoms. The summed E-state index contributed by atoms with van der Waals surface area (Å²) in [4.78, 5) is 4.85. The molecule has 0 radical (unpaired) electrons. The minimum Gasteiger partial charge on any atom is -0.388 e. The largest absolute Gasteiger partial charge is 0.416 e. The van der Waals surface area contributed by atoms with Gasteiger partial charge in [0.25, 0.3) is 0 Å². The molecule has 1 atom stereocenters. The van der Waals surface area contributed by atoms with Crippen molar-refractivity contribution in [3.05, 3.63) is 52.0 Å². The van der Waals surface area contributed by atoms with Crippen molar-refractivity contribution >= 4 is 11.3 Å². The lowest BCUT2D eigenvalue weighted by atomic mass is 10.00. The van der Waals surface area contributed by atoms with Crippen LogP contribution in [0.2, 0.25) is 0 Å². The van der Waals surface area contributed by atoms with Crippen molar-refractivity contribution in [1.29, 1.82) is 0 Å². The number of halogens is 3. The van der Waals surface area contributed by atoms with Gasteiger partial charge in [0, 0.05) is 22.8 Å². The summed E-state index contributed by atoms with van der Waals surface area (Å²) in [5.41, 5.74) is -0.956. The van der Waals surface area contributed by atoms with E-state index in [2.05, 4.69) is 4.98 Å². The number of hydrogen-bond acceptors (Lipinski definition) is 3. The molecule has 2 aromatic heterocycles. The van der Waals surface area contributed by atoms with Crippen LogP contribution in [0.4, 0.5) is 13.2 Å². The zero-order valence-electron chi connectivity index (χ0n) is 10.6. The topological polar surface area (TPSA) is 33.1 Å². The number of aliphatic hydroxyl groups excluding tert-OH is 1. The molecule has 0 spiro atoms. The molecule has 2 heterocycles. The molecule has 0 aliphatic carbocycles. The molecule has 2 aromatic rings. The van der Waals surface area contributed by atoms with Crippen molar-refractivity contribution in [1.82, 2.24) is 4.98 Å². The van der Waals surface area contributed by atoms with E-state index in [1.54, 1.807) is 11.3 Å². The first kappa shape index (κ1) is 15.0. The molecule has 0 aliphatic heterocycles. The van der Waals surface area contributed by atoms with Crippen molar-refractivity contribution < 1.29 is 18.3 Å². The van der Waals surface area contributed by atoms with E-state index in [-0.39, 0.29) is 12.0 Å². The van der Waals surface area contributed by atoms with Gasteiger partial charge in [-0.2, -0.15) is 13.2 Å². The Morgan fingerprint density at radius 1 is 1.30 bits per heavy atom. The highest BCUT2D eigenvalue weighted by Gasteiger charge is 2.34. The summed E-state index contributed by atoms with van der Waals surface area (Å²) in [6.07, 6.45) is -1.74. The first-order valence-electron chi connectivity index (χ1n) is 6.20. The van der Waals surface area contributed by atoms with Crippen LogP contribution >= 0.6 is 11.3 Å². The minimum atomic E-state index is -4.47. The molecule has 6 heteroatoms. The molecule has 0 saturated carbocycles. The van der Waals surface area contributed by atoms with Crippen molar-refractivity contribution in [2.75, 3.05) is 0 Å². The lowest BCUT2D eigenvalue weighted by Gasteiger charge is -2.16. The molecule has 0 aromatic carbocycles. The first-order chi connectivity index (χ1) is 9.48. The number of pyridine rings is 1. The molecule has 0 aliphatic rings. The number of nitrogens with zero attached hydrogens (tertiary/aromatic N) is 1. The molecule has 1 N–H and O–H groups in total. The van der Waals surface area contributed by atoms with E-state index in [0.29, 0.717) is 6.42 Å². The van der Waals surface area contributed by atoms with Gasteiger partial charge in [0.1, 0.15) is 0 Å². The maximum Gasteiger partial charge on any atom is 0.416 e. The number of thiophene rings is 1. The summed E-state index contributed by atoms with van der Waals surface area (Å²) in [5, 5.41) is 11.9. The van der Waals surface area contributed by atoms with Gasteiger partial charge < -0.3 is 5.11 Å². The Hall–Kier alpha value is -1.40. The van der Waals surface area contributed by atoms with E-state index in [9.17, 15) is 18.3 Å². The fourth-order valence-electron chi connectivity index (χ4n) is 2.01. The average molecular weight is 301 g/mol. The first-order valence-corrected chi connectivity index (χ1v) is 7.08. The third-order valence-electron chi connectivity index (χ3n) is 3.00. The zero-order chi connectivity index (χ0) is 14.6. The van der Waals surface area contributed by atoms with Gasteiger partial charge in [-0.25, -0.2) is 0 Å². The van der Waals surface area contributed by atoms with Crippen LogP contribution in [0.3, 0.4) is 0 Å². The Morgan fingerprint density at radius 3 is 2.75 bits per heavy atom. The lowest BCUT2D eigenvalue weighted by Crippen LogP contribution is -2.12. The molecule has 0 saturated heterocycles. The average Bonchev–Trinajstić information content (AvgIpc) is 2.91. The molecule has 108 valence electrons. The van der Waals surface area contributed by atoms with Crippen molar-refractivity contribution in [3.63, 3.8) is 0 Å². The van der Waals surface area contributed by atoms with Crippen LogP contribution in [0.15, 0.2) is 36.0 Å². The van der Waals surface area contributed by atoms with Gasteiger partial charge in [-0.15, -0.1) is 11.3 Å². The Bertz CT molecular complexity index is 540. The number of aryl methyl sites for hydroxylation is 1. The normalized spacial score (nSPS) is 13.4. The van der Waals surface area contributed by atoms with Gasteiger partial charge in [-0.1, -0.05) is 6.07 Å². The van der Waals surface area contributed by atoms with Crippen LogP contribution in [0.1, 0.15) is 34.9 Å². The van der Waals surface area contributed by atoms with Crippen LogP contribution in [-0.2, 0) is 12.6 Å². The highest BCUT2D eigenvalue weighted by atomic mass is 32.1. The summed E-state index contributed by atoms with van der Waals surface area (Å²) in [7, 11) is 0. The standard InChI is InChI=1S/C14H14F3NOS/c15-14(16,17)12-6-7-18-9-11(12)13(19)5-1-3-10-4-2-8-20-10/h2,4,6-9,13,19H,1,3,5H2. The van der Waals surface area contributed by atoms with Crippen LogP contribution < -0.4 is 0 Å². The summed E-state index contributed by atoms with van der Waals surface area (Å²) < 4.78 is 38.5. The summed E-state index contributed by atoms with van der Waals surface area (Å²) >= 11 is 1.60. The van der Waals surface area contributed by atoms with Crippen LogP contribution in [-0.4, -0.2) is 10.1 Å². The second-order valence-electron chi connectivity index (χ2n) is 4.45. The van der Waals surface area contributed by atoms with Crippen LogP contribution in [0.5, 0.6) is 0 Å². The van der Waals surface area contributed by atoms with E-state index in [4.69, 9.17) is 0 Å². The maximum atomic E-state index is 12.8. The lowest BCUT2D eigenvalue weighted by molar-refractivity contribution is -0.139. The number of aromatic nitrogens is 1. The van der Waals surface area contributed by atoms with E-state index < -0.39 is 17.8 Å². The fraction of sp³-hybridized carbons (Fsp3) is 0.357. The minimum absolute atomic E-state index is 0.147. The van der Waals surface area contributed by atoms with Crippen molar-refractivity contribution in [2.45, 2.75) is 31.5 Å². The maximum absolute atomic E-state index is 12.8. The summed E-state index contributed by atoms with van der Waals surface area (Å²) in [6.45, 7) is 0. The highest BCUT2D eigenvalue weighted by Crippen LogP contribution is 2.35. The predicted molar refractivity (Wildman–Crippen MR) is 71.5 cm³/mol. The molecular formula is C14H14F3NOS. The van der Waals surface area contributed by atoms with Gasteiger partial charge in [-0.05, 0) is 36.8 Å². The highest BCUT2D eigenvalue weighted by molar-refractivity contribution is 7.09. The Kier molecular flexibility index (Phi) is 4.77. The number of alkyl halides is 3.